The van der Waals surface area contributed by atoms with Gasteiger partial charge < -0.3 is 30.7 Å². The van der Waals surface area contributed by atoms with Crippen LogP contribution in [0.5, 0.6) is 17.2 Å². The third-order valence-corrected chi connectivity index (χ3v) is 3.12. The van der Waals surface area contributed by atoms with E-state index in [9.17, 15) is 9.90 Å². The molecular formula is C18H21N5O5. The van der Waals surface area contributed by atoms with Crippen LogP contribution >= 0.6 is 0 Å². The number of amidine groups is 1. The second kappa shape index (κ2) is 10.5. The van der Waals surface area contributed by atoms with E-state index in [2.05, 4.69) is 20.3 Å². The number of hydrogen-bond acceptors (Lipinski definition) is 8. The smallest absolute Gasteiger partial charge is 0.322 e. The Morgan fingerprint density at radius 2 is 2.25 bits per heavy atom. The molecule has 0 fully saturated rings. The predicted octanol–water partition coefficient (Wildman–Crippen LogP) is 1.21. The Kier molecular flexibility index (Phi) is 7.73. The lowest BCUT2D eigenvalue weighted by Gasteiger charge is -2.14. The summed E-state index contributed by atoms with van der Waals surface area (Å²) >= 11 is 0. The topological polar surface area (TPSA) is 152 Å². The second-order valence-electron chi connectivity index (χ2n) is 5.54. The molecule has 10 heteroatoms. The van der Waals surface area contributed by atoms with E-state index in [-0.39, 0.29) is 30.6 Å². The van der Waals surface area contributed by atoms with E-state index in [0.717, 1.165) is 0 Å². The zero-order valence-electron chi connectivity index (χ0n) is 15.1. The minimum atomic E-state index is -1.00. The fourth-order valence-corrected chi connectivity index (χ4v) is 1.89. The molecule has 2 aromatic rings. The molecule has 2 heterocycles. The van der Waals surface area contributed by atoms with Crippen LogP contribution in [0.25, 0.3) is 0 Å². The monoisotopic (exact) mass is 387 g/mol. The molecule has 10 nitrogen and oxygen atoms in total. The lowest BCUT2D eigenvalue weighted by molar-refractivity contribution is -0.135. The number of aliphatic carboxylic acids is 1. The normalized spacial score (nSPS) is 12.6. The van der Waals surface area contributed by atoms with Crippen molar-refractivity contribution in [3.05, 3.63) is 49.1 Å². The summed E-state index contributed by atoms with van der Waals surface area (Å²) in [6.07, 6.45) is 6.88. The average Bonchev–Trinajstić information content (AvgIpc) is 2.68. The van der Waals surface area contributed by atoms with Crippen molar-refractivity contribution >= 4 is 17.6 Å². The number of carboxylic acids is 1. The van der Waals surface area contributed by atoms with Gasteiger partial charge in [-0.2, -0.15) is 0 Å². The number of carboxylic acid groups (broad SMARTS) is 1. The molecule has 0 saturated heterocycles. The number of ether oxygens (including phenoxy) is 2. The molecule has 1 unspecified atom stereocenters. The number of nitrogens with two attached hydrogens (primary N) is 1. The molecule has 0 amide bonds. The Hall–Kier alpha value is -3.66. The number of hydrogen-bond donors (Lipinski definition) is 4. The first kappa shape index (κ1) is 20.6. The lowest BCUT2D eigenvalue weighted by atomic mass is 10.3. The molecule has 0 aromatic carbocycles. The Balaban J connectivity index is 2.21. The minimum Gasteiger partial charge on any atom is -0.484 e. The number of pyridine rings is 2. The molecular weight excluding hydrogens is 366 g/mol. The molecule has 0 bridgehead atoms. The van der Waals surface area contributed by atoms with Crippen LogP contribution in [0.3, 0.4) is 0 Å². The molecule has 0 aliphatic rings. The summed E-state index contributed by atoms with van der Waals surface area (Å²) in [6, 6.07) is 5.05. The van der Waals surface area contributed by atoms with Crippen LogP contribution in [0.4, 0.5) is 5.82 Å². The van der Waals surface area contributed by atoms with Crippen LogP contribution in [0.1, 0.15) is 6.92 Å². The highest BCUT2D eigenvalue weighted by Crippen LogP contribution is 2.32. The van der Waals surface area contributed by atoms with Gasteiger partial charge >= 0.3 is 5.97 Å². The van der Waals surface area contributed by atoms with Gasteiger partial charge in [0.1, 0.15) is 30.0 Å². The van der Waals surface area contributed by atoms with Crippen LogP contribution in [-0.2, 0) is 4.79 Å². The summed E-state index contributed by atoms with van der Waals surface area (Å²) in [5.74, 6) is 0.433. The number of rotatable bonds is 10. The van der Waals surface area contributed by atoms with Gasteiger partial charge in [0.25, 0.3) is 0 Å². The first-order chi connectivity index (χ1) is 13.5. The summed E-state index contributed by atoms with van der Waals surface area (Å²) in [5.41, 5.74) is 5.81. The molecule has 28 heavy (non-hydrogen) atoms. The lowest BCUT2D eigenvalue weighted by Crippen LogP contribution is -2.18. The summed E-state index contributed by atoms with van der Waals surface area (Å²) in [5, 5.41) is 20.4. The van der Waals surface area contributed by atoms with E-state index in [1.807, 2.05) is 0 Å². The van der Waals surface area contributed by atoms with Crippen molar-refractivity contribution in [1.82, 2.24) is 15.3 Å². The summed E-state index contributed by atoms with van der Waals surface area (Å²) in [7, 11) is 0. The van der Waals surface area contributed by atoms with Gasteiger partial charge in [0.2, 0.25) is 0 Å². The average molecular weight is 387 g/mol. The van der Waals surface area contributed by atoms with Crippen LogP contribution in [-0.4, -0.2) is 51.2 Å². The standard InChI is InChI=1S/C18H21N5O5/c1-12(11-24)27-15-7-14(28-13-3-2-5-20-8-13)9-22-18(15)23-16(19)4-6-21-10-17(25)26/h2-9,12,21,24H,10-11H2,1H3,(H,25,26)(H2,19,22,23)/b6-4-. The number of carbonyl (C=O) groups is 1. The van der Waals surface area contributed by atoms with E-state index < -0.39 is 12.1 Å². The Morgan fingerprint density at radius 3 is 2.93 bits per heavy atom. The highest BCUT2D eigenvalue weighted by atomic mass is 16.5. The van der Waals surface area contributed by atoms with Crippen molar-refractivity contribution in [2.45, 2.75) is 13.0 Å². The summed E-state index contributed by atoms with van der Waals surface area (Å²) < 4.78 is 11.3. The van der Waals surface area contributed by atoms with Crippen molar-refractivity contribution in [1.29, 1.82) is 0 Å². The third-order valence-electron chi connectivity index (χ3n) is 3.12. The molecule has 0 spiro atoms. The largest absolute Gasteiger partial charge is 0.484 e. The van der Waals surface area contributed by atoms with Gasteiger partial charge in [-0.25, -0.2) is 9.98 Å². The number of aliphatic hydroxyl groups excluding tert-OH is 1. The van der Waals surface area contributed by atoms with E-state index in [1.54, 1.807) is 37.5 Å². The third kappa shape index (κ3) is 6.92. The number of nitrogens with zero attached hydrogens (tertiary/aromatic N) is 3. The Bertz CT molecular complexity index is 842. The quantitative estimate of drug-likeness (QED) is 0.348. The summed E-state index contributed by atoms with van der Waals surface area (Å²) in [4.78, 5) is 22.8. The van der Waals surface area contributed by atoms with E-state index in [0.29, 0.717) is 11.5 Å². The SMILES string of the molecule is CC(CO)Oc1cc(Oc2cccnc2)cnc1/N=C(N)\C=C/NCC(=O)O. The van der Waals surface area contributed by atoms with Crippen LogP contribution in [0.15, 0.2) is 54.1 Å². The van der Waals surface area contributed by atoms with E-state index in [1.165, 1.54) is 18.5 Å². The molecule has 2 aromatic heterocycles. The van der Waals surface area contributed by atoms with E-state index in [4.69, 9.17) is 20.3 Å². The highest BCUT2D eigenvalue weighted by Gasteiger charge is 2.12. The molecule has 0 radical (unpaired) electrons. The van der Waals surface area contributed by atoms with Crippen molar-refractivity contribution in [2.75, 3.05) is 13.2 Å². The van der Waals surface area contributed by atoms with Crippen molar-refractivity contribution < 1.29 is 24.5 Å². The van der Waals surface area contributed by atoms with Gasteiger partial charge in [0, 0.05) is 18.5 Å². The minimum absolute atomic E-state index is 0.0767. The first-order valence-electron chi connectivity index (χ1n) is 8.29. The molecule has 148 valence electrons. The van der Waals surface area contributed by atoms with Gasteiger partial charge in [-0.1, -0.05) is 0 Å². The van der Waals surface area contributed by atoms with Crippen LogP contribution in [0.2, 0.25) is 0 Å². The molecule has 0 saturated carbocycles. The fourth-order valence-electron chi connectivity index (χ4n) is 1.89. The Labute approximate surface area is 161 Å². The number of nitrogens with one attached hydrogen (secondary N) is 1. The van der Waals surface area contributed by atoms with Crippen LogP contribution < -0.4 is 20.5 Å². The van der Waals surface area contributed by atoms with Crippen molar-refractivity contribution in [3.63, 3.8) is 0 Å². The van der Waals surface area contributed by atoms with Crippen LogP contribution in [0, 0.1) is 0 Å². The van der Waals surface area contributed by atoms with Gasteiger partial charge in [0.15, 0.2) is 11.6 Å². The maximum Gasteiger partial charge on any atom is 0.322 e. The van der Waals surface area contributed by atoms with Gasteiger partial charge in [-0.3, -0.25) is 9.78 Å². The van der Waals surface area contributed by atoms with Crippen molar-refractivity contribution in [2.24, 2.45) is 10.7 Å². The number of aliphatic hydroxyl groups is 1. The molecule has 0 aliphatic heterocycles. The Morgan fingerprint density at radius 1 is 1.43 bits per heavy atom. The highest BCUT2D eigenvalue weighted by molar-refractivity contribution is 5.93. The molecule has 1 atom stereocenters. The maximum absolute atomic E-state index is 10.5. The van der Waals surface area contributed by atoms with Gasteiger partial charge in [0.05, 0.1) is 19.0 Å². The first-order valence-corrected chi connectivity index (χ1v) is 8.29. The number of aliphatic imine (C=N–C) groups is 1. The maximum atomic E-state index is 10.5. The number of aromatic nitrogens is 2. The second-order valence-corrected chi connectivity index (χ2v) is 5.54. The van der Waals surface area contributed by atoms with Gasteiger partial charge in [-0.05, 0) is 25.1 Å². The zero-order chi connectivity index (χ0) is 20.4. The zero-order valence-corrected chi connectivity index (χ0v) is 15.1. The molecule has 2 rings (SSSR count). The van der Waals surface area contributed by atoms with Crippen molar-refractivity contribution in [3.8, 4) is 17.2 Å². The molecule has 5 N–H and O–H groups in total. The predicted molar refractivity (Wildman–Crippen MR) is 102 cm³/mol. The molecule has 0 aliphatic carbocycles. The van der Waals surface area contributed by atoms with E-state index >= 15 is 0 Å². The van der Waals surface area contributed by atoms with Gasteiger partial charge in [-0.15, -0.1) is 0 Å². The summed E-state index contributed by atoms with van der Waals surface area (Å²) in [6.45, 7) is 1.23. The fraction of sp³-hybridized carbons (Fsp3) is 0.222.